The second-order valence-corrected chi connectivity index (χ2v) is 4.89. The third kappa shape index (κ3) is 2.57. The average Bonchev–Trinajstić information content (AvgIpc) is 2.71. The third-order valence-electron chi connectivity index (χ3n) is 2.78. The molecular formula is C13H16BrN3O. The second kappa shape index (κ2) is 5.54. The lowest BCUT2D eigenvalue weighted by Crippen LogP contribution is -2.03. The van der Waals surface area contributed by atoms with Crippen molar-refractivity contribution >= 4 is 15.9 Å². The highest BCUT2D eigenvalue weighted by molar-refractivity contribution is 9.10. The predicted octanol–water partition coefficient (Wildman–Crippen LogP) is 2.36. The summed E-state index contributed by atoms with van der Waals surface area (Å²) in [5.41, 5.74) is 8.73. The van der Waals surface area contributed by atoms with Crippen LogP contribution in [0.15, 0.2) is 28.7 Å². The largest absolute Gasteiger partial charge is 0.496 e. The highest BCUT2D eigenvalue weighted by atomic mass is 79.9. The Balaban J connectivity index is 2.39. The molecule has 1 aromatic heterocycles. The molecule has 4 nitrogen and oxygen atoms in total. The Morgan fingerprint density at radius 1 is 1.39 bits per heavy atom. The summed E-state index contributed by atoms with van der Waals surface area (Å²) in [6.07, 6.45) is 0.797. The molecule has 0 radical (unpaired) electrons. The van der Waals surface area contributed by atoms with Gasteiger partial charge in [0.05, 0.1) is 23.0 Å². The van der Waals surface area contributed by atoms with Crippen LogP contribution in [0.3, 0.4) is 0 Å². The lowest BCUT2D eigenvalue weighted by molar-refractivity contribution is 0.412. The normalized spacial score (nSPS) is 10.7. The van der Waals surface area contributed by atoms with Crippen molar-refractivity contribution in [1.29, 1.82) is 0 Å². The molecule has 2 N–H and O–H groups in total. The number of hydrogen-bond donors (Lipinski definition) is 1. The molecule has 5 heteroatoms. The van der Waals surface area contributed by atoms with Crippen LogP contribution in [-0.2, 0) is 13.5 Å². The lowest BCUT2D eigenvalue weighted by atomic mass is 10.1. The second-order valence-electron chi connectivity index (χ2n) is 4.03. The fourth-order valence-corrected chi connectivity index (χ4v) is 2.43. The SMILES string of the molecule is COc1ccc(-c2cc(CCN)nn2C)cc1Br. The number of aromatic nitrogens is 2. The van der Waals surface area contributed by atoms with E-state index >= 15 is 0 Å². The standard InChI is InChI=1S/C13H16BrN3O/c1-17-12(8-10(16-17)5-6-15)9-3-4-13(18-2)11(14)7-9/h3-4,7-8H,5-6,15H2,1-2H3. The molecule has 0 aliphatic rings. The van der Waals surface area contributed by atoms with Crippen molar-refractivity contribution in [3.05, 3.63) is 34.4 Å². The first kappa shape index (κ1) is 13.1. The van der Waals surface area contributed by atoms with E-state index in [1.165, 1.54) is 0 Å². The number of nitrogens with zero attached hydrogens (tertiary/aromatic N) is 2. The first-order valence-electron chi connectivity index (χ1n) is 5.72. The summed E-state index contributed by atoms with van der Waals surface area (Å²) in [4.78, 5) is 0. The summed E-state index contributed by atoms with van der Waals surface area (Å²) in [5, 5.41) is 4.44. The number of halogens is 1. The molecule has 0 atom stereocenters. The maximum absolute atomic E-state index is 5.55. The third-order valence-corrected chi connectivity index (χ3v) is 3.40. The van der Waals surface area contributed by atoms with Crippen LogP contribution in [-0.4, -0.2) is 23.4 Å². The van der Waals surface area contributed by atoms with Crippen molar-refractivity contribution in [3.63, 3.8) is 0 Å². The van der Waals surface area contributed by atoms with E-state index in [0.717, 1.165) is 33.6 Å². The van der Waals surface area contributed by atoms with Crippen LogP contribution in [0, 0.1) is 0 Å². The fraction of sp³-hybridized carbons (Fsp3) is 0.308. The number of benzene rings is 1. The molecule has 1 heterocycles. The van der Waals surface area contributed by atoms with Gasteiger partial charge < -0.3 is 10.5 Å². The first-order chi connectivity index (χ1) is 8.65. The van der Waals surface area contributed by atoms with Crippen LogP contribution in [0.2, 0.25) is 0 Å². The Bertz CT molecular complexity index is 551. The van der Waals surface area contributed by atoms with Crippen molar-refractivity contribution in [2.75, 3.05) is 13.7 Å². The zero-order chi connectivity index (χ0) is 13.1. The highest BCUT2D eigenvalue weighted by Gasteiger charge is 2.09. The van der Waals surface area contributed by atoms with Gasteiger partial charge in [-0.15, -0.1) is 0 Å². The van der Waals surface area contributed by atoms with Crippen LogP contribution in [0.25, 0.3) is 11.3 Å². The van der Waals surface area contributed by atoms with E-state index in [9.17, 15) is 0 Å². The smallest absolute Gasteiger partial charge is 0.133 e. The van der Waals surface area contributed by atoms with E-state index < -0.39 is 0 Å². The number of methoxy groups -OCH3 is 1. The van der Waals surface area contributed by atoms with Gasteiger partial charge in [-0.25, -0.2) is 0 Å². The van der Waals surface area contributed by atoms with Crippen molar-refractivity contribution in [2.24, 2.45) is 12.8 Å². The maximum Gasteiger partial charge on any atom is 0.133 e. The monoisotopic (exact) mass is 309 g/mol. The summed E-state index contributed by atoms with van der Waals surface area (Å²) in [6.45, 7) is 0.614. The molecule has 2 aromatic rings. The molecule has 0 bridgehead atoms. The molecule has 18 heavy (non-hydrogen) atoms. The van der Waals surface area contributed by atoms with Gasteiger partial charge >= 0.3 is 0 Å². The minimum absolute atomic E-state index is 0.614. The van der Waals surface area contributed by atoms with Gasteiger partial charge in [0.15, 0.2) is 0 Å². The maximum atomic E-state index is 5.55. The minimum atomic E-state index is 0.614. The molecule has 1 aromatic carbocycles. The van der Waals surface area contributed by atoms with Crippen LogP contribution in [0.5, 0.6) is 5.75 Å². The van der Waals surface area contributed by atoms with Gasteiger partial charge in [0.2, 0.25) is 0 Å². The van der Waals surface area contributed by atoms with E-state index in [1.807, 2.05) is 29.9 Å². The lowest BCUT2D eigenvalue weighted by Gasteiger charge is -2.06. The Morgan fingerprint density at radius 3 is 2.78 bits per heavy atom. The quantitative estimate of drug-likeness (QED) is 0.943. The van der Waals surface area contributed by atoms with Crippen molar-refractivity contribution < 1.29 is 4.74 Å². The van der Waals surface area contributed by atoms with Gasteiger partial charge in [0, 0.05) is 19.0 Å². The van der Waals surface area contributed by atoms with Crippen LogP contribution in [0.1, 0.15) is 5.69 Å². The number of rotatable bonds is 4. The predicted molar refractivity (Wildman–Crippen MR) is 75.7 cm³/mol. The summed E-state index contributed by atoms with van der Waals surface area (Å²) < 4.78 is 8.03. The van der Waals surface area contributed by atoms with Crippen LogP contribution in [0.4, 0.5) is 0 Å². The molecule has 2 rings (SSSR count). The van der Waals surface area contributed by atoms with Crippen molar-refractivity contribution in [1.82, 2.24) is 9.78 Å². The summed E-state index contributed by atoms with van der Waals surface area (Å²) in [6, 6.07) is 8.06. The Hall–Kier alpha value is -1.33. The van der Waals surface area contributed by atoms with E-state index in [1.54, 1.807) is 7.11 Å². The molecular weight excluding hydrogens is 294 g/mol. The molecule has 0 spiro atoms. The summed E-state index contributed by atoms with van der Waals surface area (Å²) in [5.74, 6) is 0.822. The van der Waals surface area contributed by atoms with Crippen molar-refractivity contribution in [2.45, 2.75) is 6.42 Å². The number of nitrogens with two attached hydrogens (primary N) is 1. The van der Waals surface area contributed by atoms with E-state index in [-0.39, 0.29) is 0 Å². The molecule has 0 saturated heterocycles. The van der Waals surface area contributed by atoms with Gasteiger partial charge in [-0.05, 0) is 46.7 Å². The Morgan fingerprint density at radius 2 is 2.17 bits per heavy atom. The topological polar surface area (TPSA) is 53.1 Å². The molecule has 0 amide bonds. The van der Waals surface area contributed by atoms with Crippen LogP contribution < -0.4 is 10.5 Å². The minimum Gasteiger partial charge on any atom is -0.496 e. The molecule has 0 fully saturated rings. The van der Waals surface area contributed by atoms with Gasteiger partial charge in [0.1, 0.15) is 5.75 Å². The van der Waals surface area contributed by atoms with Crippen molar-refractivity contribution in [3.8, 4) is 17.0 Å². The summed E-state index contributed by atoms with van der Waals surface area (Å²) in [7, 11) is 3.59. The Kier molecular flexibility index (Phi) is 4.04. The zero-order valence-electron chi connectivity index (χ0n) is 10.5. The van der Waals surface area contributed by atoms with Gasteiger partial charge in [-0.3, -0.25) is 4.68 Å². The van der Waals surface area contributed by atoms with Gasteiger partial charge in [-0.1, -0.05) is 0 Å². The van der Waals surface area contributed by atoms with Gasteiger partial charge in [-0.2, -0.15) is 5.10 Å². The molecule has 0 unspecified atom stereocenters. The zero-order valence-corrected chi connectivity index (χ0v) is 12.1. The average molecular weight is 310 g/mol. The number of hydrogen-bond acceptors (Lipinski definition) is 3. The first-order valence-corrected chi connectivity index (χ1v) is 6.52. The molecule has 0 saturated carbocycles. The number of aryl methyl sites for hydroxylation is 1. The Labute approximate surface area is 115 Å². The molecule has 0 aliphatic heterocycles. The van der Waals surface area contributed by atoms with E-state index in [0.29, 0.717) is 6.54 Å². The fourth-order valence-electron chi connectivity index (χ4n) is 1.89. The number of ether oxygens (including phenoxy) is 1. The van der Waals surface area contributed by atoms with Crippen LogP contribution >= 0.6 is 15.9 Å². The molecule has 96 valence electrons. The highest BCUT2D eigenvalue weighted by Crippen LogP contribution is 2.30. The van der Waals surface area contributed by atoms with Gasteiger partial charge in [0.25, 0.3) is 0 Å². The summed E-state index contributed by atoms with van der Waals surface area (Å²) >= 11 is 3.49. The van der Waals surface area contributed by atoms with E-state index in [2.05, 4.69) is 27.1 Å². The molecule has 0 aliphatic carbocycles. The van der Waals surface area contributed by atoms with E-state index in [4.69, 9.17) is 10.5 Å².